The number of halogens is 1. The van der Waals surface area contributed by atoms with E-state index in [-0.39, 0.29) is 30.9 Å². The number of H-pyrrole nitrogens is 1. The van der Waals surface area contributed by atoms with Crippen molar-refractivity contribution >= 4 is 22.6 Å². The van der Waals surface area contributed by atoms with Crippen molar-refractivity contribution in [2.24, 2.45) is 0 Å². The summed E-state index contributed by atoms with van der Waals surface area (Å²) in [7, 11) is 1.53. The van der Waals surface area contributed by atoms with E-state index in [0.29, 0.717) is 5.56 Å². The number of nitrogens with one attached hydrogen (secondary N) is 2. The van der Waals surface area contributed by atoms with Gasteiger partial charge in [-0.3, -0.25) is 4.79 Å². The molecule has 7 heteroatoms. The van der Waals surface area contributed by atoms with E-state index >= 15 is 0 Å². The number of amides is 2. The Morgan fingerprint density at radius 2 is 1.97 bits per heavy atom. The van der Waals surface area contributed by atoms with Crippen LogP contribution in [0.3, 0.4) is 0 Å². The highest BCUT2D eigenvalue weighted by Gasteiger charge is 2.18. The maximum atomic E-state index is 13.9. The fourth-order valence-electron chi connectivity index (χ4n) is 3.27. The molecule has 0 saturated heterocycles. The number of aromatic amines is 1. The molecular formula is C22H24FN3O3. The van der Waals surface area contributed by atoms with Crippen LogP contribution in [0.5, 0.6) is 0 Å². The van der Waals surface area contributed by atoms with E-state index in [1.54, 1.807) is 18.2 Å². The minimum atomic E-state index is -0.526. The van der Waals surface area contributed by atoms with Crippen LogP contribution in [0, 0.1) is 19.7 Å². The van der Waals surface area contributed by atoms with E-state index in [4.69, 9.17) is 4.74 Å². The van der Waals surface area contributed by atoms with Crippen molar-refractivity contribution in [3.63, 3.8) is 0 Å². The normalized spacial score (nSPS) is 10.9. The number of urea groups is 1. The van der Waals surface area contributed by atoms with Gasteiger partial charge < -0.3 is 19.9 Å². The number of aryl methyl sites for hydroxylation is 2. The van der Waals surface area contributed by atoms with Crippen LogP contribution < -0.4 is 10.9 Å². The van der Waals surface area contributed by atoms with Crippen molar-refractivity contribution in [2.75, 3.05) is 25.6 Å². The largest absolute Gasteiger partial charge is 0.383 e. The zero-order valence-corrected chi connectivity index (χ0v) is 16.7. The number of para-hydroxylation sites is 1. The molecule has 1 heterocycles. The van der Waals surface area contributed by atoms with Crippen molar-refractivity contribution in [3.05, 3.63) is 75.3 Å². The van der Waals surface area contributed by atoms with Crippen LogP contribution in [0.1, 0.15) is 16.7 Å². The molecule has 0 saturated carbocycles. The van der Waals surface area contributed by atoms with Gasteiger partial charge in [-0.25, -0.2) is 9.18 Å². The van der Waals surface area contributed by atoms with Crippen LogP contribution in [0.2, 0.25) is 0 Å². The summed E-state index contributed by atoms with van der Waals surface area (Å²) in [6.07, 6.45) is 0. The number of rotatable bonds is 6. The number of hydrogen-bond acceptors (Lipinski definition) is 3. The summed E-state index contributed by atoms with van der Waals surface area (Å²) in [5, 5.41) is 3.46. The molecule has 0 aliphatic rings. The van der Waals surface area contributed by atoms with Gasteiger partial charge in [0.25, 0.3) is 5.56 Å². The maximum absolute atomic E-state index is 13.9. The minimum absolute atomic E-state index is 0.0713. The monoisotopic (exact) mass is 397 g/mol. The summed E-state index contributed by atoms with van der Waals surface area (Å²) in [6, 6.07) is 11.2. The first-order chi connectivity index (χ1) is 13.9. The molecule has 0 unspecified atom stereocenters. The Morgan fingerprint density at radius 3 is 2.69 bits per heavy atom. The zero-order valence-electron chi connectivity index (χ0n) is 16.7. The lowest BCUT2D eigenvalue weighted by atomic mass is 10.1. The molecule has 0 aliphatic carbocycles. The Balaban J connectivity index is 1.90. The van der Waals surface area contributed by atoms with Crippen LogP contribution >= 0.6 is 0 Å². The molecule has 2 aromatic carbocycles. The van der Waals surface area contributed by atoms with Gasteiger partial charge in [0.05, 0.1) is 24.4 Å². The smallest absolute Gasteiger partial charge is 0.322 e. The topological polar surface area (TPSA) is 74.4 Å². The zero-order chi connectivity index (χ0) is 21.0. The number of hydrogen-bond donors (Lipinski definition) is 2. The second-order valence-electron chi connectivity index (χ2n) is 6.99. The van der Waals surface area contributed by atoms with Gasteiger partial charge in [-0.15, -0.1) is 0 Å². The number of fused-ring (bicyclic) bond motifs is 1. The third kappa shape index (κ3) is 4.81. The number of pyridine rings is 1. The van der Waals surface area contributed by atoms with Crippen LogP contribution in [0.25, 0.3) is 10.9 Å². The Bertz CT molecular complexity index is 1090. The number of carbonyl (C=O) groups excluding carboxylic acids is 1. The van der Waals surface area contributed by atoms with Gasteiger partial charge in [0.1, 0.15) is 5.82 Å². The molecule has 29 heavy (non-hydrogen) atoms. The van der Waals surface area contributed by atoms with E-state index in [1.165, 1.54) is 24.1 Å². The lowest BCUT2D eigenvalue weighted by Crippen LogP contribution is -2.38. The van der Waals surface area contributed by atoms with Gasteiger partial charge in [-0.05, 0) is 49.1 Å². The number of nitrogens with zero attached hydrogens (tertiary/aromatic N) is 1. The average molecular weight is 397 g/mol. The van der Waals surface area contributed by atoms with Gasteiger partial charge in [-0.1, -0.05) is 23.8 Å². The summed E-state index contributed by atoms with van der Waals surface area (Å²) in [5.41, 5.74) is 3.12. The molecule has 0 atom stereocenters. The molecule has 3 aromatic rings. The molecule has 0 aliphatic heterocycles. The fraction of sp³-hybridized carbons (Fsp3) is 0.273. The van der Waals surface area contributed by atoms with Crippen molar-refractivity contribution in [1.29, 1.82) is 0 Å². The van der Waals surface area contributed by atoms with Gasteiger partial charge in [0.15, 0.2) is 0 Å². The Kier molecular flexibility index (Phi) is 6.29. The summed E-state index contributed by atoms with van der Waals surface area (Å²) < 4.78 is 19.0. The maximum Gasteiger partial charge on any atom is 0.322 e. The van der Waals surface area contributed by atoms with Gasteiger partial charge in [0, 0.05) is 19.2 Å². The second kappa shape index (κ2) is 8.87. The second-order valence-corrected chi connectivity index (χ2v) is 6.99. The van der Waals surface area contributed by atoms with Crippen LogP contribution in [0.15, 0.2) is 47.3 Å². The molecule has 152 valence electrons. The van der Waals surface area contributed by atoms with Crippen molar-refractivity contribution in [2.45, 2.75) is 20.4 Å². The standard InChI is InChI=1S/C22H24FN3O3/c1-14-10-15(2)20-16(11-14)12-17(21(27)25-20)13-26(8-9-29-3)22(28)24-19-7-5-4-6-18(19)23/h4-7,10-12H,8-9,13H2,1-3H3,(H,24,28)(H,25,27). The van der Waals surface area contributed by atoms with Crippen molar-refractivity contribution in [1.82, 2.24) is 9.88 Å². The lowest BCUT2D eigenvalue weighted by molar-refractivity contribution is 0.152. The predicted octanol–water partition coefficient (Wildman–Crippen LogP) is 3.96. The average Bonchev–Trinajstić information content (AvgIpc) is 2.67. The van der Waals surface area contributed by atoms with E-state index < -0.39 is 11.8 Å². The third-order valence-corrected chi connectivity index (χ3v) is 4.70. The van der Waals surface area contributed by atoms with Crippen molar-refractivity contribution in [3.8, 4) is 0 Å². The van der Waals surface area contributed by atoms with Crippen LogP contribution in [-0.4, -0.2) is 36.2 Å². The van der Waals surface area contributed by atoms with E-state index in [0.717, 1.165) is 22.0 Å². The quantitative estimate of drug-likeness (QED) is 0.661. The molecule has 2 N–H and O–H groups in total. The number of ether oxygens (including phenoxy) is 1. The molecule has 0 bridgehead atoms. The van der Waals surface area contributed by atoms with E-state index in [1.807, 2.05) is 26.0 Å². The van der Waals surface area contributed by atoms with Crippen LogP contribution in [0.4, 0.5) is 14.9 Å². The summed E-state index contributed by atoms with van der Waals surface area (Å²) in [6.45, 7) is 4.54. The molecule has 1 aromatic heterocycles. The molecule has 0 spiro atoms. The Hall–Kier alpha value is -3.19. The fourth-order valence-corrected chi connectivity index (χ4v) is 3.27. The van der Waals surface area contributed by atoms with Gasteiger partial charge >= 0.3 is 6.03 Å². The molecule has 0 fully saturated rings. The first-order valence-corrected chi connectivity index (χ1v) is 9.31. The SMILES string of the molecule is COCCN(Cc1cc2cc(C)cc(C)c2[nH]c1=O)C(=O)Nc1ccccc1F. The molecular weight excluding hydrogens is 373 g/mol. The first kappa shape index (κ1) is 20.5. The minimum Gasteiger partial charge on any atom is -0.383 e. The lowest BCUT2D eigenvalue weighted by Gasteiger charge is -2.23. The Labute approximate surface area is 168 Å². The van der Waals surface area contributed by atoms with Crippen LogP contribution in [-0.2, 0) is 11.3 Å². The molecule has 3 rings (SSSR count). The number of carbonyl (C=O) groups is 1. The highest BCUT2D eigenvalue weighted by molar-refractivity contribution is 5.89. The highest BCUT2D eigenvalue weighted by atomic mass is 19.1. The summed E-state index contributed by atoms with van der Waals surface area (Å²) in [5.74, 6) is -0.526. The predicted molar refractivity (Wildman–Crippen MR) is 112 cm³/mol. The highest BCUT2D eigenvalue weighted by Crippen LogP contribution is 2.19. The number of benzene rings is 2. The number of methoxy groups -OCH3 is 1. The number of anilines is 1. The first-order valence-electron chi connectivity index (χ1n) is 9.31. The Morgan fingerprint density at radius 1 is 1.21 bits per heavy atom. The van der Waals surface area contributed by atoms with Crippen molar-refractivity contribution < 1.29 is 13.9 Å². The van der Waals surface area contributed by atoms with E-state index in [9.17, 15) is 14.0 Å². The summed E-state index contributed by atoms with van der Waals surface area (Å²) >= 11 is 0. The molecule has 2 amide bonds. The molecule has 6 nitrogen and oxygen atoms in total. The van der Waals surface area contributed by atoms with Gasteiger partial charge in [0.2, 0.25) is 0 Å². The number of aromatic nitrogens is 1. The molecule has 0 radical (unpaired) electrons. The van der Waals surface area contributed by atoms with Gasteiger partial charge in [-0.2, -0.15) is 0 Å². The third-order valence-electron chi connectivity index (χ3n) is 4.70. The summed E-state index contributed by atoms with van der Waals surface area (Å²) in [4.78, 5) is 29.7. The van der Waals surface area contributed by atoms with E-state index in [2.05, 4.69) is 10.3 Å².